The summed E-state index contributed by atoms with van der Waals surface area (Å²) in [6.45, 7) is 6.45. The fourth-order valence-electron chi connectivity index (χ4n) is 1.92. The molecule has 2 rings (SSSR count). The van der Waals surface area contributed by atoms with Crippen molar-refractivity contribution >= 4 is 16.7 Å². The van der Waals surface area contributed by atoms with Crippen LogP contribution in [0.15, 0.2) is 23.0 Å². The summed E-state index contributed by atoms with van der Waals surface area (Å²) < 4.78 is 1.84. The van der Waals surface area contributed by atoms with Crippen LogP contribution in [0.2, 0.25) is 0 Å². The summed E-state index contributed by atoms with van der Waals surface area (Å²) in [4.78, 5) is 23.0. The fourth-order valence-corrected chi connectivity index (χ4v) is 1.92. The zero-order chi connectivity index (χ0) is 12.6. The maximum Gasteiger partial charge on any atom is 0.271 e. The molecule has 90 valence electrons. The lowest BCUT2D eigenvalue weighted by Crippen LogP contribution is -2.09. The molecule has 4 heteroatoms. The molecule has 0 aliphatic rings. The summed E-state index contributed by atoms with van der Waals surface area (Å²) in [6, 6.07) is 5.24. The van der Waals surface area contributed by atoms with Gasteiger partial charge < -0.3 is 0 Å². The van der Waals surface area contributed by atoms with Crippen LogP contribution < -0.4 is 5.56 Å². The van der Waals surface area contributed by atoms with E-state index >= 15 is 0 Å². The van der Waals surface area contributed by atoms with Gasteiger partial charge in [-0.25, -0.2) is 0 Å². The highest BCUT2D eigenvalue weighted by atomic mass is 16.1. The van der Waals surface area contributed by atoms with Gasteiger partial charge in [0.2, 0.25) is 0 Å². The Morgan fingerprint density at radius 2 is 2.12 bits per heavy atom. The van der Waals surface area contributed by atoms with E-state index in [9.17, 15) is 9.59 Å². The number of nitrogens with zero attached hydrogens (tertiary/aromatic N) is 1. The second-order valence-corrected chi connectivity index (χ2v) is 4.73. The number of nitrogens with one attached hydrogen (secondary N) is 1. The third kappa shape index (κ3) is 2.16. The molecule has 0 amide bonds. The molecule has 1 aromatic carbocycles. The molecule has 0 radical (unpaired) electrons. The first-order valence-corrected chi connectivity index (χ1v) is 5.72. The zero-order valence-corrected chi connectivity index (χ0v) is 10.3. The first kappa shape index (κ1) is 11.6. The topological polar surface area (TPSA) is 54.9 Å². The molecule has 1 heterocycles. The second-order valence-electron chi connectivity index (χ2n) is 4.73. The van der Waals surface area contributed by atoms with E-state index in [4.69, 9.17) is 0 Å². The van der Waals surface area contributed by atoms with Crippen LogP contribution in [0.4, 0.5) is 0 Å². The van der Waals surface area contributed by atoms with E-state index in [1.54, 1.807) is 12.1 Å². The van der Waals surface area contributed by atoms with Crippen molar-refractivity contribution in [2.24, 2.45) is 5.92 Å². The predicted octanol–water partition coefficient (Wildman–Crippen LogP) is 2.19. The quantitative estimate of drug-likeness (QED) is 0.825. The van der Waals surface area contributed by atoms with Gasteiger partial charge in [-0.3, -0.25) is 19.4 Å². The lowest BCUT2D eigenvalue weighted by atomic mass is 10.1. The second kappa shape index (κ2) is 4.20. The Morgan fingerprint density at radius 1 is 1.41 bits per heavy atom. The van der Waals surface area contributed by atoms with Crippen molar-refractivity contribution in [3.05, 3.63) is 34.1 Å². The van der Waals surface area contributed by atoms with Crippen LogP contribution in [0.1, 0.15) is 31.1 Å². The monoisotopic (exact) mass is 232 g/mol. The number of ketones is 1. The number of fused-ring (bicyclic) bond motifs is 1. The van der Waals surface area contributed by atoms with Crippen LogP contribution in [0, 0.1) is 5.92 Å². The molecule has 0 aliphatic heterocycles. The van der Waals surface area contributed by atoms with Crippen molar-refractivity contribution < 1.29 is 4.79 Å². The van der Waals surface area contributed by atoms with Gasteiger partial charge in [0, 0.05) is 12.1 Å². The van der Waals surface area contributed by atoms with Crippen LogP contribution in [0.3, 0.4) is 0 Å². The van der Waals surface area contributed by atoms with Gasteiger partial charge in [-0.1, -0.05) is 13.8 Å². The highest BCUT2D eigenvalue weighted by molar-refractivity contribution is 5.97. The fraction of sp³-hybridized carbons (Fsp3) is 0.385. The van der Waals surface area contributed by atoms with E-state index in [1.807, 2.05) is 10.7 Å². The standard InChI is InChI=1S/C13H16N2O2/c1-8(2)7-15-12-5-4-10(9(3)16)6-11(12)13(17)14-15/h4-6,8H,7H2,1-3H3,(H,14,17). The molecule has 0 saturated carbocycles. The van der Waals surface area contributed by atoms with Gasteiger partial charge in [-0.2, -0.15) is 0 Å². The van der Waals surface area contributed by atoms with Gasteiger partial charge in [0.15, 0.2) is 5.78 Å². The molecule has 2 aromatic rings. The Kier molecular flexibility index (Phi) is 2.88. The molecule has 17 heavy (non-hydrogen) atoms. The van der Waals surface area contributed by atoms with Crippen molar-refractivity contribution in [3.63, 3.8) is 0 Å². The molecule has 0 unspecified atom stereocenters. The Bertz CT molecular complexity index is 620. The van der Waals surface area contributed by atoms with Gasteiger partial charge in [0.1, 0.15) is 0 Å². The molecular formula is C13H16N2O2. The van der Waals surface area contributed by atoms with E-state index in [1.165, 1.54) is 6.92 Å². The lowest BCUT2D eigenvalue weighted by Gasteiger charge is -2.07. The Morgan fingerprint density at radius 3 is 2.71 bits per heavy atom. The van der Waals surface area contributed by atoms with Gasteiger partial charge in [0.05, 0.1) is 10.9 Å². The van der Waals surface area contributed by atoms with E-state index in [0.29, 0.717) is 16.9 Å². The number of carbonyl (C=O) groups excluding carboxylic acids is 1. The highest BCUT2D eigenvalue weighted by Gasteiger charge is 2.09. The number of rotatable bonds is 3. The van der Waals surface area contributed by atoms with Crippen molar-refractivity contribution in [1.82, 2.24) is 9.78 Å². The lowest BCUT2D eigenvalue weighted by molar-refractivity contribution is 0.101. The van der Waals surface area contributed by atoms with Gasteiger partial charge in [-0.15, -0.1) is 0 Å². The summed E-state index contributed by atoms with van der Waals surface area (Å²) in [6.07, 6.45) is 0. The minimum absolute atomic E-state index is 0.0251. The largest absolute Gasteiger partial charge is 0.295 e. The zero-order valence-electron chi connectivity index (χ0n) is 10.3. The Labute approximate surface area is 99.2 Å². The Hall–Kier alpha value is -1.84. The van der Waals surface area contributed by atoms with E-state index in [-0.39, 0.29) is 11.3 Å². The first-order valence-electron chi connectivity index (χ1n) is 5.72. The van der Waals surface area contributed by atoms with Crippen molar-refractivity contribution in [2.75, 3.05) is 0 Å². The molecule has 0 aliphatic carbocycles. The number of hydrogen-bond donors (Lipinski definition) is 1. The number of benzene rings is 1. The number of aromatic amines is 1. The Balaban J connectivity index is 2.61. The summed E-state index contributed by atoms with van der Waals surface area (Å²) in [5.74, 6) is 0.427. The molecular weight excluding hydrogens is 216 g/mol. The summed E-state index contributed by atoms with van der Waals surface area (Å²) in [5, 5.41) is 3.38. The number of hydrogen-bond acceptors (Lipinski definition) is 2. The van der Waals surface area contributed by atoms with Crippen LogP contribution in [-0.2, 0) is 6.54 Å². The molecule has 0 fully saturated rings. The molecule has 0 atom stereocenters. The van der Waals surface area contributed by atoms with E-state index < -0.39 is 0 Å². The summed E-state index contributed by atoms with van der Waals surface area (Å²) in [7, 11) is 0. The van der Waals surface area contributed by atoms with Gasteiger partial charge in [0.25, 0.3) is 5.56 Å². The third-order valence-corrected chi connectivity index (χ3v) is 2.72. The molecule has 0 spiro atoms. The van der Waals surface area contributed by atoms with Gasteiger partial charge >= 0.3 is 0 Å². The van der Waals surface area contributed by atoms with Gasteiger partial charge in [-0.05, 0) is 31.0 Å². The van der Waals surface area contributed by atoms with Crippen molar-refractivity contribution in [2.45, 2.75) is 27.3 Å². The SMILES string of the molecule is CC(=O)c1ccc2c(c1)c(=O)[nH]n2CC(C)C. The first-order chi connectivity index (χ1) is 7.99. The normalized spacial score (nSPS) is 11.3. The summed E-state index contributed by atoms with van der Waals surface area (Å²) >= 11 is 0. The number of aromatic nitrogens is 2. The average Bonchev–Trinajstić information content (AvgIpc) is 2.54. The molecule has 1 N–H and O–H groups in total. The van der Waals surface area contributed by atoms with Crippen molar-refractivity contribution in [1.29, 1.82) is 0 Å². The number of H-pyrrole nitrogens is 1. The summed E-state index contributed by atoms with van der Waals surface area (Å²) in [5.41, 5.74) is 1.29. The van der Waals surface area contributed by atoms with E-state index in [0.717, 1.165) is 12.1 Å². The average molecular weight is 232 g/mol. The smallest absolute Gasteiger partial charge is 0.271 e. The van der Waals surface area contributed by atoms with E-state index in [2.05, 4.69) is 18.9 Å². The van der Waals surface area contributed by atoms with Crippen LogP contribution in [-0.4, -0.2) is 15.6 Å². The minimum atomic E-state index is -0.135. The number of Topliss-reactive ketones (excluding diaryl/α,β-unsaturated/α-hetero) is 1. The maximum atomic E-state index is 11.8. The molecule has 0 bridgehead atoms. The van der Waals surface area contributed by atoms with Crippen LogP contribution in [0.5, 0.6) is 0 Å². The van der Waals surface area contributed by atoms with Crippen molar-refractivity contribution in [3.8, 4) is 0 Å². The minimum Gasteiger partial charge on any atom is -0.295 e. The maximum absolute atomic E-state index is 11.8. The predicted molar refractivity (Wildman–Crippen MR) is 67.4 cm³/mol. The molecule has 4 nitrogen and oxygen atoms in total. The molecule has 0 saturated heterocycles. The third-order valence-electron chi connectivity index (χ3n) is 2.72. The van der Waals surface area contributed by atoms with Crippen LogP contribution in [0.25, 0.3) is 10.9 Å². The molecule has 1 aromatic heterocycles. The highest BCUT2D eigenvalue weighted by Crippen LogP contribution is 2.14. The number of carbonyl (C=O) groups is 1. The van der Waals surface area contributed by atoms with Crippen LogP contribution >= 0.6 is 0 Å².